The molecular formula is C18H24N2. The van der Waals surface area contributed by atoms with Crippen molar-refractivity contribution in [1.29, 1.82) is 0 Å². The summed E-state index contributed by atoms with van der Waals surface area (Å²) in [5.74, 6) is 0. The Hall–Kier alpha value is -1.64. The van der Waals surface area contributed by atoms with Crippen LogP contribution in [0.1, 0.15) is 22.3 Å². The second-order valence-corrected chi connectivity index (χ2v) is 5.45. The molecule has 0 spiro atoms. The fourth-order valence-electron chi connectivity index (χ4n) is 2.40. The van der Waals surface area contributed by atoms with E-state index in [1.807, 2.05) is 0 Å². The van der Waals surface area contributed by atoms with Crippen molar-refractivity contribution in [2.24, 2.45) is 5.73 Å². The van der Waals surface area contributed by atoms with Gasteiger partial charge < -0.3 is 10.6 Å². The van der Waals surface area contributed by atoms with Crippen LogP contribution in [-0.4, -0.2) is 18.5 Å². The summed E-state index contributed by atoms with van der Waals surface area (Å²) >= 11 is 0. The van der Waals surface area contributed by atoms with Crippen molar-refractivity contribution in [2.75, 3.05) is 13.6 Å². The number of benzene rings is 2. The number of nitrogens with two attached hydrogens (primary N) is 1. The van der Waals surface area contributed by atoms with E-state index in [1.54, 1.807) is 0 Å². The smallest absolute Gasteiger partial charge is 0.0230 e. The fraction of sp³-hybridized carbons (Fsp3) is 0.333. The van der Waals surface area contributed by atoms with E-state index in [4.69, 9.17) is 5.73 Å². The van der Waals surface area contributed by atoms with Crippen molar-refractivity contribution in [1.82, 2.24) is 4.90 Å². The van der Waals surface area contributed by atoms with Crippen molar-refractivity contribution in [2.45, 2.75) is 26.4 Å². The number of rotatable bonds is 6. The first-order valence-electron chi connectivity index (χ1n) is 7.20. The van der Waals surface area contributed by atoms with Crippen molar-refractivity contribution < 1.29 is 0 Å². The SMILES string of the molecule is Cc1ccc(CN(C)CCc2ccccc2CN)cc1. The third-order valence-electron chi connectivity index (χ3n) is 3.67. The minimum atomic E-state index is 0.623. The zero-order chi connectivity index (χ0) is 14.4. The third-order valence-corrected chi connectivity index (χ3v) is 3.67. The molecule has 2 heteroatoms. The van der Waals surface area contributed by atoms with Crippen molar-refractivity contribution in [3.8, 4) is 0 Å². The molecule has 0 aliphatic carbocycles. The Kier molecular flexibility index (Phi) is 5.33. The second-order valence-electron chi connectivity index (χ2n) is 5.45. The molecule has 20 heavy (non-hydrogen) atoms. The Labute approximate surface area is 122 Å². The van der Waals surface area contributed by atoms with E-state index >= 15 is 0 Å². The third kappa shape index (κ3) is 4.19. The first kappa shape index (κ1) is 14.8. The molecule has 0 fully saturated rings. The van der Waals surface area contributed by atoms with Crippen LogP contribution in [0.15, 0.2) is 48.5 Å². The van der Waals surface area contributed by atoms with E-state index < -0.39 is 0 Å². The predicted octanol–water partition coefficient (Wildman–Crippen LogP) is 3.13. The van der Waals surface area contributed by atoms with E-state index in [-0.39, 0.29) is 0 Å². The topological polar surface area (TPSA) is 29.3 Å². The zero-order valence-corrected chi connectivity index (χ0v) is 12.5. The molecule has 2 aromatic rings. The van der Waals surface area contributed by atoms with Crippen LogP contribution in [0.4, 0.5) is 0 Å². The van der Waals surface area contributed by atoms with Gasteiger partial charge in [-0.05, 0) is 37.1 Å². The standard InChI is InChI=1S/C18H24N2/c1-15-7-9-16(10-8-15)14-20(2)12-11-17-5-3-4-6-18(17)13-19/h3-10H,11-14,19H2,1-2H3. The average Bonchev–Trinajstić information content (AvgIpc) is 2.48. The number of likely N-dealkylation sites (N-methyl/N-ethyl adjacent to an activating group) is 1. The van der Waals surface area contributed by atoms with Crippen LogP contribution >= 0.6 is 0 Å². The molecule has 0 saturated heterocycles. The van der Waals surface area contributed by atoms with Crippen molar-refractivity contribution in [3.63, 3.8) is 0 Å². The van der Waals surface area contributed by atoms with Gasteiger partial charge in [-0.1, -0.05) is 54.1 Å². The van der Waals surface area contributed by atoms with Crippen LogP contribution in [0, 0.1) is 6.92 Å². The lowest BCUT2D eigenvalue weighted by molar-refractivity contribution is 0.331. The molecule has 2 rings (SSSR count). The maximum absolute atomic E-state index is 5.78. The van der Waals surface area contributed by atoms with Crippen LogP contribution in [0.3, 0.4) is 0 Å². The van der Waals surface area contributed by atoms with Crippen LogP contribution < -0.4 is 5.73 Å². The summed E-state index contributed by atoms with van der Waals surface area (Å²) in [7, 11) is 2.17. The Morgan fingerprint density at radius 2 is 1.60 bits per heavy atom. The van der Waals surface area contributed by atoms with Crippen LogP contribution in [0.2, 0.25) is 0 Å². The van der Waals surface area contributed by atoms with Gasteiger partial charge in [-0.2, -0.15) is 0 Å². The van der Waals surface area contributed by atoms with Gasteiger partial charge in [0.25, 0.3) is 0 Å². The summed E-state index contributed by atoms with van der Waals surface area (Å²) in [6.45, 7) is 4.78. The van der Waals surface area contributed by atoms with Crippen molar-refractivity contribution in [3.05, 3.63) is 70.8 Å². The lowest BCUT2D eigenvalue weighted by Crippen LogP contribution is -2.21. The molecule has 0 saturated carbocycles. The van der Waals surface area contributed by atoms with Gasteiger partial charge in [0.2, 0.25) is 0 Å². The molecule has 0 atom stereocenters. The van der Waals surface area contributed by atoms with Gasteiger partial charge in [-0.25, -0.2) is 0 Å². The quantitative estimate of drug-likeness (QED) is 0.872. The first-order chi connectivity index (χ1) is 9.69. The van der Waals surface area contributed by atoms with E-state index in [0.29, 0.717) is 6.54 Å². The van der Waals surface area contributed by atoms with Gasteiger partial charge in [-0.15, -0.1) is 0 Å². The van der Waals surface area contributed by atoms with E-state index in [1.165, 1.54) is 22.3 Å². The van der Waals surface area contributed by atoms with Crippen LogP contribution in [-0.2, 0) is 19.5 Å². The average molecular weight is 268 g/mol. The van der Waals surface area contributed by atoms with Crippen LogP contribution in [0.5, 0.6) is 0 Å². The summed E-state index contributed by atoms with van der Waals surface area (Å²) in [4.78, 5) is 2.36. The monoisotopic (exact) mass is 268 g/mol. The molecule has 0 heterocycles. The van der Waals surface area contributed by atoms with Gasteiger partial charge in [0.15, 0.2) is 0 Å². The van der Waals surface area contributed by atoms with Crippen molar-refractivity contribution >= 4 is 0 Å². The molecule has 0 aromatic heterocycles. The number of aryl methyl sites for hydroxylation is 1. The molecule has 2 N–H and O–H groups in total. The minimum absolute atomic E-state index is 0.623. The normalized spacial score (nSPS) is 11.0. The summed E-state index contributed by atoms with van der Waals surface area (Å²) < 4.78 is 0. The molecule has 0 aliphatic heterocycles. The molecular weight excluding hydrogens is 244 g/mol. The van der Waals surface area contributed by atoms with Gasteiger partial charge >= 0.3 is 0 Å². The molecule has 0 bridgehead atoms. The Morgan fingerprint density at radius 3 is 2.25 bits per heavy atom. The summed E-state index contributed by atoms with van der Waals surface area (Å²) in [6, 6.07) is 17.2. The number of hydrogen-bond donors (Lipinski definition) is 1. The largest absolute Gasteiger partial charge is 0.326 e. The maximum atomic E-state index is 5.78. The van der Waals surface area contributed by atoms with Gasteiger partial charge in [0, 0.05) is 19.6 Å². The zero-order valence-electron chi connectivity index (χ0n) is 12.5. The summed E-state index contributed by atoms with van der Waals surface area (Å²) in [6.07, 6.45) is 1.05. The highest BCUT2D eigenvalue weighted by Crippen LogP contribution is 2.11. The molecule has 0 radical (unpaired) electrons. The van der Waals surface area contributed by atoms with Gasteiger partial charge in [0.1, 0.15) is 0 Å². The van der Waals surface area contributed by atoms with E-state index in [2.05, 4.69) is 67.4 Å². The lowest BCUT2D eigenvalue weighted by Gasteiger charge is -2.18. The summed E-state index contributed by atoms with van der Waals surface area (Å²) in [5.41, 5.74) is 11.1. The second kappa shape index (κ2) is 7.22. The van der Waals surface area contributed by atoms with E-state index in [0.717, 1.165) is 19.5 Å². The highest BCUT2D eigenvalue weighted by Gasteiger charge is 2.04. The molecule has 2 nitrogen and oxygen atoms in total. The van der Waals surface area contributed by atoms with E-state index in [9.17, 15) is 0 Å². The molecule has 0 amide bonds. The number of hydrogen-bond acceptors (Lipinski definition) is 2. The Balaban J connectivity index is 1.88. The molecule has 0 unspecified atom stereocenters. The minimum Gasteiger partial charge on any atom is -0.326 e. The van der Waals surface area contributed by atoms with Crippen LogP contribution in [0.25, 0.3) is 0 Å². The number of nitrogens with zero attached hydrogens (tertiary/aromatic N) is 1. The molecule has 106 valence electrons. The first-order valence-corrected chi connectivity index (χ1v) is 7.20. The van der Waals surface area contributed by atoms with Gasteiger partial charge in [0.05, 0.1) is 0 Å². The van der Waals surface area contributed by atoms with Gasteiger partial charge in [-0.3, -0.25) is 0 Å². The maximum Gasteiger partial charge on any atom is 0.0230 e. The Bertz CT molecular complexity index is 531. The summed E-state index contributed by atoms with van der Waals surface area (Å²) in [5, 5.41) is 0. The Morgan fingerprint density at radius 1 is 0.950 bits per heavy atom. The molecule has 2 aromatic carbocycles. The predicted molar refractivity (Wildman–Crippen MR) is 85.6 cm³/mol. The highest BCUT2D eigenvalue weighted by atomic mass is 15.1. The fourth-order valence-corrected chi connectivity index (χ4v) is 2.40. The molecule has 0 aliphatic rings. The highest BCUT2D eigenvalue weighted by molar-refractivity contribution is 5.27. The lowest BCUT2D eigenvalue weighted by atomic mass is 10.0.